The molecule has 1 heterocycles. The van der Waals surface area contributed by atoms with E-state index in [0.29, 0.717) is 6.54 Å². The van der Waals surface area contributed by atoms with Gasteiger partial charge in [0.1, 0.15) is 12.3 Å². The number of rotatable bonds is 9. The van der Waals surface area contributed by atoms with Gasteiger partial charge in [-0.15, -0.1) is 0 Å². The molecule has 8 heteroatoms. The van der Waals surface area contributed by atoms with Crippen molar-refractivity contribution in [2.75, 3.05) is 40.5 Å². The second-order valence-corrected chi connectivity index (χ2v) is 6.17. The summed E-state index contributed by atoms with van der Waals surface area (Å²) in [6, 6.07) is 7.38. The summed E-state index contributed by atoms with van der Waals surface area (Å²) in [6.45, 7) is 0.724. The number of amides is 2. The Bertz CT molecular complexity index is 646. The summed E-state index contributed by atoms with van der Waals surface area (Å²) in [5.74, 6) is -1.32. The number of carboxylic acids is 1. The predicted molar refractivity (Wildman–Crippen MR) is 92.6 cm³/mol. The molecule has 1 N–H and O–H groups in total. The molecule has 2 rings (SSSR count). The van der Waals surface area contributed by atoms with Crippen LogP contribution in [0.15, 0.2) is 24.3 Å². The van der Waals surface area contributed by atoms with Crippen LogP contribution in [-0.4, -0.2) is 73.2 Å². The normalized spacial score (nSPS) is 16.6. The molecule has 0 saturated carbocycles. The number of carbonyl (C=O) groups excluding carboxylic acids is 2. The number of benzene rings is 1. The third-order valence-corrected chi connectivity index (χ3v) is 4.30. The number of ether oxygens (including phenoxy) is 2. The molecule has 0 bridgehead atoms. The number of hydrogen-bond acceptors (Lipinski definition) is 5. The molecule has 1 atom stereocenters. The van der Waals surface area contributed by atoms with Crippen LogP contribution in [-0.2, 0) is 25.7 Å². The van der Waals surface area contributed by atoms with Gasteiger partial charge in [-0.25, -0.2) is 0 Å². The first kappa shape index (κ1) is 19.7. The molecule has 1 fully saturated rings. The number of carbonyl (C=O) groups is 3. The van der Waals surface area contributed by atoms with Crippen molar-refractivity contribution in [1.29, 1.82) is 0 Å². The number of aliphatic carboxylic acids is 1. The van der Waals surface area contributed by atoms with Crippen molar-refractivity contribution in [3.8, 4) is 5.75 Å². The third kappa shape index (κ3) is 5.19. The number of likely N-dealkylation sites (tertiary alicyclic amines) is 1. The van der Waals surface area contributed by atoms with E-state index < -0.39 is 18.4 Å². The lowest BCUT2D eigenvalue weighted by Crippen LogP contribution is -2.42. The zero-order valence-electron chi connectivity index (χ0n) is 15.0. The largest absolute Gasteiger partial charge is 0.497 e. The van der Waals surface area contributed by atoms with Crippen LogP contribution in [0.4, 0.5) is 0 Å². The Kier molecular flexibility index (Phi) is 6.97. The Labute approximate surface area is 152 Å². The van der Waals surface area contributed by atoms with Crippen molar-refractivity contribution in [2.45, 2.75) is 13.0 Å². The maximum Gasteiger partial charge on any atom is 0.323 e. The second kappa shape index (κ2) is 9.19. The van der Waals surface area contributed by atoms with Gasteiger partial charge in [-0.3, -0.25) is 14.4 Å². The highest BCUT2D eigenvalue weighted by atomic mass is 16.5. The summed E-state index contributed by atoms with van der Waals surface area (Å²) in [6.07, 6.45) is 0.0953. The van der Waals surface area contributed by atoms with Crippen LogP contribution in [0.3, 0.4) is 0 Å². The van der Waals surface area contributed by atoms with Gasteiger partial charge in [0, 0.05) is 33.2 Å². The SMILES string of the molecule is COCCN(CC(=O)O)C(=O)C1CC(=O)N(Cc2ccc(OC)cc2)C1. The van der Waals surface area contributed by atoms with Crippen molar-refractivity contribution in [1.82, 2.24) is 9.80 Å². The quantitative estimate of drug-likeness (QED) is 0.689. The lowest BCUT2D eigenvalue weighted by Gasteiger charge is -2.23. The molecule has 1 aliphatic rings. The van der Waals surface area contributed by atoms with E-state index in [4.69, 9.17) is 14.6 Å². The molecule has 0 aromatic heterocycles. The minimum Gasteiger partial charge on any atom is -0.497 e. The van der Waals surface area contributed by atoms with Crippen molar-refractivity contribution < 1.29 is 29.0 Å². The van der Waals surface area contributed by atoms with Gasteiger partial charge in [0.15, 0.2) is 0 Å². The minimum absolute atomic E-state index is 0.0953. The van der Waals surface area contributed by atoms with Crippen molar-refractivity contribution in [3.05, 3.63) is 29.8 Å². The average molecular weight is 364 g/mol. The van der Waals surface area contributed by atoms with E-state index in [0.717, 1.165) is 11.3 Å². The van der Waals surface area contributed by atoms with Crippen LogP contribution >= 0.6 is 0 Å². The highest BCUT2D eigenvalue weighted by Crippen LogP contribution is 2.23. The molecule has 1 unspecified atom stereocenters. The van der Waals surface area contributed by atoms with Crippen LogP contribution in [0, 0.1) is 5.92 Å². The first-order valence-corrected chi connectivity index (χ1v) is 8.34. The fourth-order valence-electron chi connectivity index (χ4n) is 2.93. The molecule has 1 aliphatic heterocycles. The van der Waals surface area contributed by atoms with Crippen LogP contribution in [0.5, 0.6) is 5.75 Å². The lowest BCUT2D eigenvalue weighted by molar-refractivity contribution is -0.146. The van der Waals surface area contributed by atoms with Crippen molar-refractivity contribution in [3.63, 3.8) is 0 Å². The minimum atomic E-state index is -1.09. The molecule has 2 amide bonds. The van der Waals surface area contributed by atoms with Gasteiger partial charge in [0.25, 0.3) is 0 Å². The molecule has 0 aliphatic carbocycles. The fourth-order valence-corrected chi connectivity index (χ4v) is 2.93. The smallest absolute Gasteiger partial charge is 0.323 e. The molecule has 8 nitrogen and oxygen atoms in total. The summed E-state index contributed by atoms with van der Waals surface area (Å²) in [4.78, 5) is 38.7. The molecular formula is C18H24N2O6. The summed E-state index contributed by atoms with van der Waals surface area (Å²) >= 11 is 0. The lowest BCUT2D eigenvalue weighted by atomic mass is 10.1. The van der Waals surface area contributed by atoms with E-state index in [2.05, 4.69) is 0 Å². The molecule has 26 heavy (non-hydrogen) atoms. The molecule has 1 saturated heterocycles. The van der Waals surface area contributed by atoms with Crippen LogP contribution in [0.25, 0.3) is 0 Å². The predicted octanol–water partition coefficient (Wildman–Crippen LogP) is 0.603. The number of nitrogens with zero attached hydrogens (tertiary/aromatic N) is 2. The van der Waals surface area contributed by atoms with Gasteiger partial charge in [0.2, 0.25) is 11.8 Å². The number of hydrogen-bond donors (Lipinski definition) is 1. The summed E-state index contributed by atoms with van der Waals surface area (Å²) < 4.78 is 10.0. The van der Waals surface area contributed by atoms with E-state index in [1.165, 1.54) is 12.0 Å². The van der Waals surface area contributed by atoms with Crippen LogP contribution < -0.4 is 4.74 Å². The van der Waals surface area contributed by atoms with Gasteiger partial charge in [-0.2, -0.15) is 0 Å². The zero-order chi connectivity index (χ0) is 19.1. The monoisotopic (exact) mass is 364 g/mol. The highest BCUT2D eigenvalue weighted by Gasteiger charge is 2.36. The first-order valence-electron chi connectivity index (χ1n) is 8.34. The van der Waals surface area contributed by atoms with E-state index in [-0.39, 0.29) is 37.9 Å². The summed E-state index contributed by atoms with van der Waals surface area (Å²) in [5, 5.41) is 8.99. The Morgan fingerprint density at radius 3 is 2.54 bits per heavy atom. The summed E-state index contributed by atoms with van der Waals surface area (Å²) in [5.41, 5.74) is 0.939. The maximum atomic E-state index is 12.6. The Balaban J connectivity index is 1.99. The summed E-state index contributed by atoms with van der Waals surface area (Å²) in [7, 11) is 3.07. The second-order valence-electron chi connectivity index (χ2n) is 6.17. The van der Waals surface area contributed by atoms with Gasteiger partial charge < -0.3 is 24.4 Å². The molecule has 1 aromatic rings. The van der Waals surface area contributed by atoms with Gasteiger partial charge in [0.05, 0.1) is 19.6 Å². The molecule has 142 valence electrons. The fraction of sp³-hybridized carbons (Fsp3) is 0.500. The molecule has 0 spiro atoms. The van der Waals surface area contributed by atoms with E-state index in [1.807, 2.05) is 24.3 Å². The Morgan fingerprint density at radius 2 is 1.96 bits per heavy atom. The van der Waals surface area contributed by atoms with Crippen molar-refractivity contribution >= 4 is 17.8 Å². The average Bonchev–Trinajstić information content (AvgIpc) is 2.99. The topological polar surface area (TPSA) is 96.4 Å². The van der Waals surface area contributed by atoms with Gasteiger partial charge >= 0.3 is 5.97 Å². The number of methoxy groups -OCH3 is 2. The Morgan fingerprint density at radius 1 is 1.27 bits per heavy atom. The highest BCUT2D eigenvalue weighted by molar-refractivity contribution is 5.90. The van der Waals surface area contributed by atoms with E-state index in [1.54, 1.807) is 12.0 Å². The van der Waals surface area contributed by atoms with Gasteiger partial charge in [-0.05, 0) is 17.7 Å². The standard InChI is InChI=1S/C18H24N2O6/c1-25-8-7-19(12-17(22)23)18(24)14-9-16(21)20(11-14)10-13-3-5-15(26-2)6-4-13/h3-6,14H,7-12H2,1-2H3,(H,22,23). The zero-order valence-corrected chi connectivity index (χ0v) is 15.0. The van der Waals surface area contributed by atoms with Crippen LogP contribution in [0.2, 0.25) is 0 Å². The van der Waals surface area contributed by atoms with Crippen LogP contribution in [0.1, 0.15) is 12.0 Å². The molecule has 1 aromatic carbocycles. The number of carboxylic acid groups (broad SMARTS) is 1. The molecular weight excluding hydrogens is 340 g/mol. The Hall–Kier alpha value is -2.61. The molecule has 0 radical (unpaired) electrons. The van der Waals surface area contributed by atoms with E-state index >= 15 is 0 Å². The maximum absolute atomic E-state index is 12.6. The van der Waals surface area contributed by atoms with Gasteiger partial charge in [-0.1, -0.05) is 12.1 Å². The van der Waals surface area contributed by atoms with E-state index in [9.17, 15) is 14.4 Å². The van der Waals surface area contributed by atoms with Crippen molar-refractivity contribution in [2.24, 2.45) is 5.92 Å². The first-order chi connectivity index (χ1) is 12.4. The third-order valence-electron chi connectivity index (χ3n) is 4.30.